The predicted molar refractivity (Wildman–Crippen MR) is 131 cm³/mol. The lowest BCUT2D eigenvalue weighted by Gasteiger charge is -2.17. The van der Waals surface area contributed by atoms with E-state index in [0.29, 0.717) is 12.2 Å². The van der Waals surface area contributed by atoms with E-state index >= 15 is 0 Å². The van der Waals surface area contributed by atoms with Crippen molar-refractivity contribution < 1.29 is 9.59 Å². The van der Waals surface area contributed by atoms with Crippen molar-refractivity contribution in [2.24, 2.45) is 5.92 Å². The van der Waals surface area contributed by atoms with Gasteiger partial charge in [0.2, 0.25) is 11.8 Å². The highest BCUT2D eigenvalue weighted by Gasteiger charge is 2.35. The van der Waals surface area contributed by atoms with E-state index in [1.807, 2.05) is 73.0 Å². The van der Waals surface area contributed by atoms with Crippen molar-refractivity contribution in [3.63, 3.8) is 0 Å². The fourth-order valence-corrected chi connectivity index (χ4v) is 4.78. The highest BCUT2D eigenvalue weighted by atomic mass is 32.1. The number of thiazole rings is 1. The Morgan fingerprint density at radius 1 is 1.09 bits per heavy atom. The molecule has 1 aliphatic rings. The Kier molecular flexibility index (Phi) is 5.71. The molecular formula is C26H22N4O2S. The van der Waals surface area contributed by atoms with E-state index < -0.39 is 5.92 Å². The molecular weight excluding hydrogens is 432 g/mol. The van der Waals surface area contributed by atoms with Gasteiger partial charge in [-0.05, 0) is 48.9 Å². The maximum absolute atomic E-state index is 12.9. The standard InChI is InChI=1S/C26H22N4O2S/c1-17-5-2-9-22(11-17)30-15-20(13-24(30)31)25(32)28-21-8-3-6-18(12-21)23-16-33-26(29-23)19-7-4-10-27-14-19/h2-12,14,16,20H,13,15H2,1H3,(H,28,32). The highest BCUT2D eigenvalue weighted by molar-refractivity contribution is 7.13. The number of pyridine rings is 1. The number of benzene rings is 2. The minimum atomic E-state index is -0.391. The lowest BCUT2D eigenvalue weighted by atomic mass is 10.1. The van der Waals surface area contributed by atoms with Gasteiger partial charge >= 0.3 is 0 Å². The number of anilines is 2. The van der Waals surface area contributed by atoms with Gasteiger partial charge < -0.3 is 10.2 Å². The maximum Gasteiger partial charge on any atom is 0.229 e. The fourth-order valence-electron chi connectivity index (χ4n) is 3.96. The predicted octanol–water partition coefficient (Wildman–Crippen LogP) is 5.17. The smallest absolute Gasteiger partial charge is 0.229 e. The number of amides is 2. The zero-order valence-electron chi connectivity index (χ0n) is 18.1. The summed E-state index contributed by atoms with van der Waals surface area (Å²) in [6, 6.07) is 19.3. The molecule has 1 saturated heterocycles. The number of hydrogen-bond donors (Lipinski definition) is 1. The van der Waals surface area contributed by atoms with Gasteiger partial charge in [-0.25, -0.2) is 4.98 Å². The Hall–Kier alpha value is -3.84. The van der Waals surface area contributed by atoms with Gasteiger partial charge in [0.1, 0.15) is 5.01 Å². The van der Waals surface area contributed by atoms with Crippen LogP contribution in [0.15, 0.2) is 78.4 Å². The van der Waals surface area contributed by atoms with Crippen LogP contribution in [-0.4, -0.2) is 28.3 Å². The third-order valence-electron chi connectivity index (χ3n) is 5.65. The summed E-state index contributed by atoms with van der Waals surface area (Å²) in [5.74, 6) is -0.567. The number of aromatic nitrogens is 2. The van der Waals surface area contributed by atoms with Crippen LogP contribution in [0.2, 0.25) is 0 Å². The second-order valence-corrected chi connectivity index (χ2v) is 8.95. The molecule has 0 aliphatic carbocycles. The summed E-state index contributed by atoms with van der Waals surface area (Å²) < 4.78 is 0. The van der Waals surface area contributed by atoms with Gasteiger partial charge in [0.05, 0.1) is 11.6 Å². The Balaban J connectivity index is 1.29. The number of nitrogens with one attached hydrogen (secondary N) is 1. The van der Waals surface area contributed by atoms with Crippen molar-refractivity contribution in [1.82, 2.24) is 9.97 Å². The van der Waals surface area contributed by atoms with Crippen LogP contribution in [-0.2, 0) is 9.59 Å². The number of rotatable bonds is 5. The van der Waals surface area contributed by atoms with Crippen LogP contribution in [0.25, 0.3) is 21.8 Å². The summed E-state index contributed by atoms with van der Waals surface area (Å²) in [5.41, 5.74) is 5.35. The maximum atomic E-state index is 12.9. The summed E-state index contributed by atoms with van der Waals surface area (Å²) in [6.45, 7) is 2.37. The van der Waals surface area contributed by atoms with Crippen molar-refractivity contribution in [2.45, 2.75) is 13.3 Å². The minimum absolute atomic E-state index is 0.0279. The third-order valence-corrected chi connectivity index (χ3v) is 6.54. The van der Waals surface area contributed by atoms with Crippen molar-refractivity contribution in [1.29, 1.82) is 0 Å². The molecule has 1 aliphatic heterocycles. The van der Waals surface area contributed by atoms with Crippen LogP contribution < -0.4 is 10.2 Å². The van der Waals surface area contributed by atoms with Gasteiger partial charge in [0.25, 0.3) is 0 Å². The molecule has 0 bridgehead atoms. The van der Waals surface area contributed by atoms with Gasteiger partial charge in [0, 0.05) is 53.2 Å². The van der Waals surface area contributed by atoms with Crippen LogP contribution in [0, 0.1) is 12.8 Å². The Morgan fingerprint density at radius 2 is 1.94 bits per heavy atom. The van der Waals surface area contributed by atoms with Crippen LogP contribution in [0.4, 0.5) is 11.4 Å². The summed E-state index contributed by atoms with van der Waals surface area (Å²) in [4.78, 5) is 36.1. The second kappa shape index (κ2) is 8.96. The molecule has 2 aromatic carbocycles. The number of hydrogen-bond acceptors (Lipinski definition) is 5. The Labute approximate surface area is 195 Å². The molecule has 164 valence electrons. The molecule has 0 saturated carbocycles. The molecule has 0 spiro atoms. The fraction of sp³-hybridized carbons (Fsp3) is 0.154. The lowest BCUT2D eigenvalue weighted by Crippen LogP contribution is -2.28. The molecule has 6 nitrogen and oxygen atoms in total. The first kappa shape index (κ1) is 21.0. The summed E-state index contributed by atoms with van der Waals surface area (Å²) in [5, 5.41) is 5.88. The summed E-state index contributed by atoms with van der Waals surface area (Å²) >= 11 is 1.56. The molecule has 2 aromatic heterocycles. The number of carbonyl (C=O) groups excluding carboxylic acids is 2. The summed E-state index contributed by atoms with van der Waals surface area (Å²) in [6.07, 6.45) is 3.74. The van der Waals surface area contributed by atoms with E-state index in [1.54, 1.807) is 28.6 Å². The Morgan fingerprint density at radius 3 is 2.76 bits per heavy atom. The van der Waals surface area contributed by atoms with E-state index in [9.17, 15) is 9.59 Å². The summed E-state index contributed by atoms with van der Waals surface area (Å²) in [7, 11) is 0. The first-order valence-corrected chi connectivity index (χ1v) is 11.6. The molecule has 5 rings (SSSR count). The van der Waals surface area contributed by atoms with Gasteiger partial charge in [-0.2, -0.15) is 0 Å². The van der Waals surface area contributed by atoms with Crippen molar-refractivity contribution in [2.75, 3.05) is 16.8 Å². The molecule has 2 amide bonds. The molecule has 4 aromatic rings. The van der Waals surface area contributed by atoms with Crippen molar-refractivity contribution >= 4 is 34.5 Å². The molecule has 1 unspecified atom stereocenters. The average Bonchev–Trinajstić information content (AvgIpc) is 3.47. The minimum Gasteiger partial charge on any atom is -0.326 e. The molecule has 1 N–H and O–H groups in total. The number of aryl methyl sites for hydroxylation is 1. The van der Waals surface area contributed by atoms with Crippen molar-refractivity contribution in [3.05, 3.63) is 84.0 Å². The third kappa shape index (κ3) is 4.54. The monoisotopic (exact) mass is 454 g/mol. The van der Waals surface area contributed by atoms with Crippen LogP contribution in [0.1, 0.15) is 12.0 Å². The van der Waals surface area contributed by atoms with Gasteiger partial charge in [-0.15, -0.1) is 11.3 Å². The molecule has 0 radical (unpaired) electrons. The van der Waals surface area contributed by atoms with Crippen LogP contribution in [0.5, 0.6) is 0 Å². The average molecular weight is 455 g/mol. The molecule has 33 heavy (non-hydrogen) atoms. The highest BCUT2D eigenvalue weighted by Crippen LogP contribution is 2.30. The van der Waals surface area contributed by atoms with Gasteiger partial charge in [-0.3, -0.25) is 14.6 Å². The van der Waals surface area contributed by atoms with Gasteiger partial charge in [-0.1, -0.05) is 24.3 Å². The quantitative estimate of drug-likeness (QED) is 0.451. The Bertz CT molecular complexity index is 1320. The first-order chi connectivity index (χ1) is 16.1. The van der Waals surface area contributed by atoms with Gasteiger partial charge in [0.15, 0.2) is 0 Å². The number of nitrogens with zero attached hydrogens (tertiary/aromatic N) is 3. The van der Waals surface area contributed by atoms with E-state index in [0.717, 1.165) is 33.1 Å². The largest absolute Gasteiger partial charge is 0.326 e. The number of carbonyl (C=O) groups is 2. The molecule has 7 heteroatoms. The normalized spacial score (nSPS) is 15.6. The van der Waals surface area contributed by atoms with E-state index in [-0.39, 0.29) is 18.2 Å². The van der Waals surface area contributed by atoms with Crippen molar-refractivity contribution in [3.8, 4) is 21.8 Å². The van der Waals surface area contributed by atoms with Crippen LogP contribution >= 0.6 is 11.3 Å². The molecule has 1 fully saturated rings. The zero-order chi connectivity index (χ0) is 22.8. The lowest BCUT2D eigenvalue weighted by molar-refractivity contribution is -0.122. The van der Waals surface area contributed by atoms with E-state index in [1.165, 1.54) is 0 Å². The zero-order valence-corrected chi connectivity index (χ0v) is 18.9. The SMILES string of the molecule is Cc1cccc(N2CC(C(=O)Nc3cccc(-c4csc(-c5cccnc5)n4)c3)CC2=O)c1. The van der Waals surface area contributed by atoms with E-state index in [4.69, 9.17) is 4.98 Å². The first-order valence-electron chi connectivity index (χ1n) is 10.7. The topological polar surface area (TPSA) is 75.2 Å². The van der Waals surface area contributed by atoms with E-state index in [2.05, 4.69) is 10.3 Å². The van der Waals surface area contributed by atoms with Crippen LogP contribution in [0.3, 0.4) is 0 Å². The molecule has 3 heterocycles. The second-order valence-electron chi connectivity index (χ2n) is 8.09. The molecule has 1 atom stereocenters.